The van der Waals surface area contributed by atoms with Crippen LogP contribution in [-0.4, -0.2) is 14.5 Å². The van der Waals surface area contributed by atoms with Crippen LogP contribution < -0.4 is 0 Å². The third-order valence-electron chi connectivity index (χ3n) is 5.27. The Balaban J connectivity index is 1.66. The summed E-state index contributed by atoms with van der Waals surface area (Å²) in [5, 5.41) is 11.7. The molecule has 0 atom stereocenters. The Labute approximate surface area is 163 Å². The summed E-state index contributed by atoms with van der Waals surface area (Å²) < 4.78 is 2.11. The number of aliphatic hydroxyl groups is 1. The van der Waals surface area contributed by atoms with Gasteiger partial charge in [-0.05, 0) is 46.0 Å². The van der Waals surface area contributed by atoms with Crippen molar-refractivity contribution < 1.29 is 5.11 Å². The van der Waals surface area contributed by atoms with Gasteiger partial charge >= 0.3 is 0 Å². The van der Waals surface area contributed by atoms with Crippen LogP contribution in [0.3, 0.4) is 0 Å². The lowest BCUT2D eigenvalue weighted by Crippen LogP contribution is -1.90. The SMILES string of the molecule is Cc1cc(-c2ccc(CO)cc2)cn2cc(-c3cccc4ccccc34)nc12. The van der Waals surface area contributed by atoms with Crippen LogP contribution in [-0.2, 0) is 6.61 Å². The summed E-state index contributed by atoms with van der Waals surface area (Å²) >= 11 is 0. The highest BCUT2D eigenvalue weighted by molar-refractivity contribution is 5.96. The van der Waals surface area contributed by atoms with Gasteiger partial charge in [-0.25, -0.2) is 4.98 Å². The Bertz CT molecular complexity index is 1290. The number of hydrogen-bond donors (Lipinski definition) is 1. The predicted octanol–water partition coefficient (Wildman–Crippen LogP) is 5.62. The fraction of sp³-hybridized carbons (Fsp3) is 0.0800. The maximum absolute atomic E-state index is 9.26. The minimum absolute atomic E-state index is 0.0637. The maximum Gasteiger partial charge on any atom is 0.140 e. The van der Waals surface area contributed by atoms with Crippen molar-refractivity contribution in [3.8, 4) is 22.4 Å². The smallest absolute Gasteiger partial charge is 0.140 e. The van der Waals surface area contributed by atoms with Gasteiger partial charge in [0, 0.05) is 18.0 Å². The van der Waals surface area contributed by atoms with Crippen molar-refractivity contribution in [2.24, 2.45) is 0 Å². The number of aliphatic hydroxyl groups excluding tert-OH is 1. The van der Waals surface area contributed by atoms with Crippen molar-refractivity contribution in [2.45, 2.75) is 13.5 Å². The van der Waals surface area contributed by atoms with Gasteiger partial charge in [-0.1, -0.05) is 66.7 Å². The zero-order valence-corrected chi connectivity index (χ0v) is 15.6. The molecule has 2 heterocycles. The first-order chi connectivity index (χ1) is 13.7. The van der Waals surface area contributed by atoms with Crippen LogP contribution in [0.2, 0.25) is 0 Å². The summed E-state index contributed by atoms with van der Waals surface area (Å²) in [5.74, 6) is 0. The van der Waals surface area contributed by atoms with E-state index in [-0.39, 0.29) is 6.61 Å². The molecule has 2 aromatic heterocycles. The first kappa shape index (κ1) is 16.7. The van der Waals surface area contributed by atoms with Crippen molar-refractivity contribution in [1.82, 2.24) is 9.38 Å². The van der Waals surface area contributed by atoms with Crippen LogP contribution in [0.15, 0.2) is 85.2 Å². The highest BCUT2D eigenvalue weighted by atomic mass is 16.3. The molecule has 0 aliphatic carbocycles. The van der Waals surface area contributed by atoms with E-state index in [2.05, 4.69) is 84.4 Å². The van der Waals surface area contributed by atoms with Crippen molar-refractivity contribution in [2.75, 3.05) is 0 Å². The van der Waals surface area contributed by atoms with Gasteiger partial charge in [-0.15, -0.1) is 0 Å². The van der Waals surface area contributed by atoms with Crippen LogP contribution in [0.4, 0.5) is 0 Å². The number of hydrogen-bond acceptors (Lipinski definition) is 2. The number of aromatic nitrogens is 2. The maximum atomic E-state index is 9.26. The Kier molecular flexibility index (Phi) is 3.96. The van der Waals surface area contributed by atoms with Gasteiger partial charge in [0.1, 0.15) is 5.65 Å². The molecule has 3 nitrogen and oxygen atoms in total. The standard InChI is InChI=1S/C25H20N2O/c1-17-13-21(19-11-9-18(16-28)10-12-19)14-27-15-24(26-25(17)27)23-8-4-6-20-5-2-3-7-22(20)23/h2-15,28H,16H2,1H3. The van der Waals surface area contributed by atoms with Crippen molar-refractivity contribution >= 4 is 16.4 Å². The van der Waals surface area contributed by atoms with E-state index in [4.69, 9.17) is 4.98 Å². The summed E-state index contributed by atoms with van der Waals surface area (Å²) in [5.41, 5.74) is 7.41. The average molecular weight is 364 g/mol. The second-order valence-electron chi connectivity index (χ2n) is 7.15. The van der Waals surface area contributed by atoms with Gasteiger partial charge in [-0.2, -0.15) is 0 Å². The minimum atomic E-state index is 0.0637. The molecule has 3 heteroatoms. The van der Waals surface area contributed by atoms with E-state index in [0.29, 0.717) is 0 Å². The molecule has 0 fully saturated rings. The Morgan fingerprint density at radius 2 is 1.64 bits per heavy atom. The molecule has 3 aromatic carbocycles. The Morgan fingerprint density at radius 1 is 0.857 bits per heavy atom. The average Bonchev–Trinajstić information content (AvgIpc) is 3.18. The number of imidazole rings is 1. The first-order valence-corrected chi connectivity index (χ1v) is 9.40. The van der Waals surface area contributed by atoms with Crippen LogP contribution in [0.5, 0.6) is 0 Å². The summed E-state index contributed by atoms with van der Waals surface area (Å²) in [6.07, 6.45) is 4.23. The van der Waals surface area contributed by atoms with Crippen molar-refractivity contribution in [3.63, 3.8) is 0 Å². The molecular weight excluding hydrogens is 344 g/mol. The molecule has 0 unspecified atom stereocenters. The van der Waals surface area contributed by atoms with E-state index >= 15 is 0 Å². The highest BCUT2D eigenvalue weighted by Crippen LogP contribution is 2.30. The van der Waals surface area contributed by atoms with Gasteiger partial charge in [0.15, 0.2) is 0 Å². The summed E-state index contributed by atoms with van der Waals surface area (Å²) in [4.78, 5) is 4.92. The van der Waals surface area contributed by atoms with Crippen LogP contribution in [0.1, 0.15) is 11.1 Å². The lowest BCUT2D eigenvalue weighted by atomic mass is 10.0. The van der Waals surface area contributed by atoms with Crippen LogP contribution in [0.25, 0.3) is 38.8 Å². The van der Waals surface area contributed by atoms with E-state index in [1.54, 1.807) is 0 Å². The second-order valence-corrected chi connectivity index (χ2v) is 7.15. The molecule has 0 radical (unpaired) electrons. The van der Waals surface area contributed by atoms with E-state index in [9.17, 15) is 5.11 Å². The Morgan fingerprint density at radius 3 is 2.46 bits per heavy atom. The first-order valence-electron chi connectivity index (χ1n) is 9.40. The second kappa shape index (κ2) is 6.63. The lowest BCUT2D eigenvalue weighted by molar-refractivity contribution is 0.282. The monoisotopic (exact) mass is 364 g/mol. The number of rotatable bonds is 3. The van der Waals surface area contributed by atoms with Gasteiger partial charge in [0.05, 0.1) is 12.3 Å². The van der Waals surface area contributed by atoms with Crippen LogP contribution >= 0.6 is 0 Å². The van der Waals surface area contributed by atoms with Crippen LogP contribution in [0, 0.1) is 6.92 Å². The quantitative estimate of drug-likeness (QED) is 0.451. The lowest BCUT2D eigenvalue weighted by Gasteiger charge is -2.06. The summed E-state index contributed by atoms with van der Waals surface area (Å²) in [7, 11) is 0. The topological polar surface area (TPSA) is 37.5 Å². The molecular formula is C25H20N2O. The molecule has 28 heavy (non-hydrogen) atoms. The number of fused-ring (bicyclic) bond motifs is 2. The predicted molar refractivity (Wildman–Crippen MR) is 114 cm³/mol. The Hall–Kier alpha value is -3.43. The number of benzene rings is 3. The van der Waals surface area contributed by atoms with Gasteiger partial charge in [-0.3, -0.25) is 0 Å². The normalized spacial score (nSPS) is 11.4. The molecule has 0 saturated heterocycles. The molecule has 0 spiro atoms. The third kappa shape index (κ3) is 2.77. The fourth-order valence-electron chi connectivity index (χ4n) is 3.81. The van der Waals surface area contributed by atoms with Crippen molar-refractivity contribution in [1.29, 1.82) is 0 Å². The fourth-order valence-corrected chi connectivity index (χ4v) is 3.81. The molecule has 1 N–H and O–H groups in total. The van der Waals surface area contributed by atoms with E-state index in [1.165, 1.54) is 10.8 Å². The van der Waals surface area contributed by atoms with Gasteiger partial charge < -0.3 is 9.51 Å². The van der Waals surface area contributed by atoms with E-state index in [1.807, 2.05) is 12.1 Å². The molecule has 0 bridgehead atoms. The van der Waals surface area contributed by atoms with Gasteiger partial charge in [0.25, 0.3) is 0 Å². The molecule has 136 valence electrons. The highest BCUT2D eigenvalue weighted by Gasteiger charge is 2.11. The number of aryl methyl sites for hydroxylation is 1. The van der Waals surface area contributed by atoms with E-state index in [0.717, 1.165) is 39.2 Å². The zero-order valence-electron chi connectivity index (χ0n) is 15.6. The minimum Gasteiger partial charge on any atom is -0.392 e. The molecule has 5 aromatic rings. The molecule has 5 rings (SSSR count). The van der Waals surface area contributed by atoms with Crippen molar-refractivity contribution in [3.05, 3.63) is 96.3 Å². The number of nitrogens with zero attached hydrogens (tertiary/aromatic N) is 2. The third-order valence-corrected chi connectivity index (χ3v) is 5.27. The largest absolute Gasteiger partial charge is 0.392 e. The van der Waals surface area contributed by atoms with E-state index < -0.39 is 0 Å². The summed E-state index contributed by atoms with van der Waals surface area (Å²) in [6, 6.07) is 25.0. The molecule has 0 amide bonds. The molecule has 0 saturated carbocycles. The molecule has 0 aliphatic rings. The summed E-state index contributed by atoms with van der Waals surface area (Å²) in [6.45, 7) is 2.16. The number of pyridine rings is 1. The zero-order chi connectivity index (χ0) is 19.1. The molecule has 0 aliphatic heterocycles. The van der Waals surface area contributed by atoms with Gasteiger partial charge in [0.2, 0.25) is 0 Å².